The number of rotatable bonds is 2. The fraction of sp³-hybridized carbons (Fsp3) is 0.850. The number of nitrogens with one attached hydrogen (secondary N) is 1. The number of likely N-dealkylation sites (tertiary alicyclic amines) is 1. The molecule has 0 spiro atoms. The number of amidine groups is 1. The van der Waals surface area contributed by atoms with Gasteiger partial charge in [-0.2, -0.15) is 0 Å². The Kier molecular flexibility index (Phi) is 3.77. The minimum atomic E-state index is 0.418. The van der Waals surface area contributed by atoms with Crippen LogP contribution < -0.4 is 5.32 Å². The summed E-state index contributed by atoms with van der Waals surface area (Å²) in [4.78, 5) is 10.2. The molecular weight excluding hydrogens is 371 g/mol. The van der Waals surface area contributed by atoms with E-state index in [2.05, 4.69) is 48.2 Å². The Labute approximate surface area is 161 Å². The third-order valence-electron chi connectivity index (χ3n) is 8.86. The topological polar surface area (TPSA) is 30.9 Å². The fourth-order valence-electron chi connectivity index (χ4n) is 6.81. The van der Waals surface area contributed by atoms with Crippen LogP contribution in [0.5, 0.6) is 0 Å². The van der Waals surface area contributed by atoms with Gasteiger partial charge < -0.3 is 0 Å². The van der Waals surface area contributed by atoms with Crippen LogP contribution in [0.25, 0.3) is 0 Å². The molecule has 0 aromatic heterocycles. The average molecular weight is 404 g/mol. The van der Waals surface area contributed by atoms with Crippen LogP contribution in [0.1, 0.15) is 46.5 Å². The molecular formula is C20H33AsN4. The summed E-state index contributed by atoms with van der Waals surface area (Å²) in [5, 5.41) is 3.72. The molecule has 4 nitrogen and oxygen atoms in total. The number of nitrogens with zero attached hydrogens (tertiary/aromatic N) is 3. The van der Waals surface area contributed by atoms with Gasteiger partial charge in [0.2, 0.25) is 0 Å². The first-order chi connectivity index (χ1) is 11.9. The molecule has 2 saturated heterocycles. The summed E-state index contributed by atoms with van der Waals surface area (Å²) in [5.41, 5.74) is 0.877. The van der Waals surface area contributed by atoms with Crippen LogP contribution in [0.15, 0.2) is 17.3 Å². The van der Waals surface area contributed by atoms with Crippen molar-refractivity contribution in [2.45, 2.75) is 64.7 Å². The van der Waals surface area contributed by atoms with E-state index in [-0.39, 0.29) is 0 Å². The van der Waals surface area contributed by atoms with Crippen molar-refractivity contribution >= 4 is 21.5 Å². The van der Waals surface area contributed by atoms with E-state index >= 15 is 0 Å². The Morgan fingerprint density at radius 1 is 1.24 bits per heavy atom. The van der Waals surface area contributed by atoms with Crippen molar-refractivity contribution in [2.24, 2.45) is 27.7 Å². The van der Waals surface area contributed by atoms with Gasteiger partial charge in [-0.3, -0.25) is 0 Å². The summed E-state index contributed by atoms with van der Waals surface area (Å²) in [7, 11) is 0. The third kappa shape index (κ3) is 2.23. The van der Waals surface area contributed by atoms with Crippen molar-refractivity contribution in [1.82, 2.24) is 15.1 Å². The SMILES string of the molecule is CC1(C)[C@@H]2CC[C@@]1(C)[C@@H](N1C([AsH2])=NC=CC1N1C[C@H]3CCN[C@H]3C1)C2. The maximum absolute atomic E-state index is 4.76. The van der Waals surface area contributed by atoms with E-state index in [0.717, 1.165) is 11.8 Å². The molecule has 2 unspecified atom stereocenters. The van der Waals surface area contributed by atoms with E-state index in [1.807, 2.05) is 0 Å². The van der Waals surface area contributed by atoms with Gasteiger partial charge in [-0.05, 0) is 0 Å². The molecule has 1 N–H and O–H groups in total. The Balaban J connectivity index is 1.45. The Bertz CT molecular complexity index is 617. The second kappa shape index (κ2) is 5.59. The molecule has 3 heterocycles. The molecule has 2 saturated carbocycles. The molecule has 0 radical (unpaired) electrons. The van der Waals surface area contributed by atoms with E-state index in [9.17, 15) is 0 Å². The van der Waals surface area contributed by atoms with Crippen LogP contribution in [-0.2, 0) is 0 Å². The molecule has 4 fully saturated rings. The first kappa shape index (κ1) is 16.8. The van der Waals surface area contributed by atoms with Crippen molar-refractivity contribution in [3.05, 3.63) is 12.3 Å². The molecule has 2 aliphatic carbocycles. The second-order valence-electron chi connectivity index (χ2n) is 9.84. The van der Waals surface area contributed by atoms with E-state index in [4.69, 9.17) is 4.99 Å². The van der Waals surface area contributed by atoms with E-state index in [0.29, 0.717) is 29.1 Å². The van der Waals surface area contributed by atoms with Crippen LogP contribution >= 0.6 is 0 Å². The first-order valence-corrected chi connectivity index (χ1v) is 11.4. The molecule has 3 aliphatic heterocycles. The monoisotopic (exact) mass is 404 g/mol. The van der Waals surface area contributed by atoms with Gasteiger partial charge in [-0.15, -0.1) is 0 Å². The quantitative estimate of drug-likeness (QED) is 0.710. The van der Waals surface area contributed by atoms with Crippen molar-refractivity contribution < 1.29 is 0 Å². The zero-order chi connectivity index (χ0) is 17.4. The van der Waals surface area contributed by atoms with Gasteiger partial charge in [0.25, 0.3) is 0 Å². The second-order valence-corrected chi connectivity index (χ2v) is 10.9. The maximum atomic E-state index is 4.76. The molecule has 0 amide bonds. The Morgan fingerprint density at radius 2 is 2.08 bits per heavy atom. The van der Waals surface area contributed by atoms with E-state index in [1.54, 1.807) is 16.9 Å². The molecule has 2 bridgehead atoms. The zero-order valence-electron chi connectivity index (χ0n) is 15.9. The number of hydrogen-bond donors (Lipinski definition) is 1. The molecule has 0 aromatic rings. The first-order valence-electron chi connectivity index (χ1n) is 10.2. The number of aliphatic imine (C=N–C) groups is 1. The van der Waals surface area contributed by atoms with Crippen LogP contribution in [0, 0.1) is 22.7 Å². The molecule has 5 aliphatic rings. The van der Waals surface area contributed by atoms with Crippen LogP contribution in [-0.4, -0.2) is 69.2 Å². The normalized spacial score (nSPS) is 48.2. The van der Waals surface area contributed by atoms with Gasteiger partial charge in [-0.1, -0.05) is 0 Å². The van der Waals surface area contributed by atoms with Gasteiger partial charge in [0.1, 0.15) is 0 Å². The molecule has 7 atom stereocenters. The van der Waals surface area contributed by atoms with Gasteiger partial charge in [0, 0.05) is 0 Å². The van der Waals surface area contributed by atoms with Crippen molar-refractivity contribution in [3.8, 4) is 0 Å². The zero-order valence-corrected chi connectivity index (χ0v) is 18.3. The minimum absolute atomic E-state index is 0.418. The standard InChI is InChI=1S/C20H33AsN4/c1-19(2)14-4-7-20(19,3)16(10-14)25-17(6-9-23-18(25)21)24-11-13-5-8-22-15(13)12-24/h6,9,13-17,22H,4-5,7-8,10-12,21H2,1-3H3/t13-,14-,15+,16+,17?,20+/m1/s1. The van der Waals surface area contributed by atoms with Crippen molar-refractivity contribution in [3.63, 3.8) is 0 Å². The number of fused-ring (bicyclic) bond motifs is 3. The van der Waals surface area contributed by atoms with Crippen molar-refractivity contribution in [1.29, 1.82) is 0 Å². The van der Waals surface area contributed by atoms with Crippen molar-refractivity contribution in [2.75, 3.05) is 19.6 Å². The van der Waals surface area contributed by atoms with E-state index < -0.39 is 0 Å². The number of hydrogen-bond acceptors (Lipinski definition) is 4. The Morgan fingerprint density at radius 3 is 2.76 bits per heavy atom. The fourth-order valence-corrected chi connectivity index (χ4v) is 7.69. The van der Waals surface area contributed by atoms with Gasteiger partial charge >= 0.3 is 161 Å². The van der Waals surface area contributed by atoms with Gasteiger partial charge in [0.15, 0.2) is 0 Å². The summed E-state index contributed by atoms with van der Waals surface area (Å²) >= 11 is 1.70. The summed E-state index contributed by atoms with van der Waals surface area (Å²) in [6.07, 6.45) is 10.4. The molecule has 25 heavy (non-hydrogen) atoms. The average Bonchev–Trinajstić information content (AvgIpc) is 3.25. The van der Waals surface area contributed by atoms with Gasteiger partial charge in [0.05, 0.1) is 0 Å². The summed E-state index contributed by atoms with van der Waals surface area (Å²) in [6, 6.07) is 1.36. The summed E-state index contributed by atoms with van der Waals surface area (Å²) in [6.45, 7) is 11.3. The van der Waals surface area contributed by atoms with Crippen LogP contribution in [0.4, 0.5) is 0 Å². The molecule has 5 rings (SSSR count). The van der Waals surface area contributed by atoms with Crippen LogP contribution in [0.3, 0.4) is 0 Å². The molecule has 5 heteroatoms. The van der Waals surface area contributed by atoms with E-state index in [1.165, 1.54) is 49.9 Å². The Hall–Kier alpha value is -0.312. The summed E-state index contributed by atoms with van der Waals surface area (Å²) in [5.74, 6) is 1.74. The summed E-state index contributed by atoms with van der Waals surface area (Å²) < 4.78 is 1.29. The third-order valence-corrected chi connectivity index (χ3v) is 9.80. The predicted octanol–water partition coefficient (Wildman–Crippen LogP) is 1.64. The molecule has 0 aromatic carbocycles. The predicted molar refractivity (Wildman–Crippen MR) is 105 cm³/mol. The van der Waals surface area contributed by atoms with Gasteiger partial charge in [-0.25, -0.2) is 0 Å². The molecule has 138 valence electrons. The van der Waals surface area contributed by atoms with Crippen LogP contribution in [0.2, 0.25) is 0 Å².